The van der Waals surface area contributed by atoms with E-state index in [1.165, 1.54) is 12.3 Å². The van der Waals surface area contributed by atoms with Gasteiger partial charge in [-0.3, -0.25) is 4.79 Å². The van der Waals surface area contributed by atoms with Crippen molar-refractivity contribution in [2.75, 3.05) is 18.7 Å². The van der Waals surface area contributed by atoms with Crippen LogP contribution >= 0.6 is 23.4 Å². The van der Waals surface area contributed by atoms with Crippen LogP contribution in [-0.4, -0.2) is 40.5 Å². The maximum Gasteiger partial charge on any atom is 0.420 e. The molecule has 34 heavy (non-hydrogen) atoms. The van der Waals surface area contributed by atoms with E-state index in [1.54, 1.807) is 0 Å². The topological polar surface area (TPSA) is 74.3 Å². The van der Waals surface area contributed by atoms with E-state index in [0.29, 0.717) is 0 Å². The first kappa shape index (κ1) is 26.1. The highest BCUT2D eigenvalue weighted by molar-refractivity contribution is 7.99. The molecule has 1 heterocycles. The third kappa shape index (κ3) is 4.56. The number of rotatable bonds is 7. The van der Waals surface area contributed by atoms with Gasteiger partial charge in [-0.25, -0.2) is 8.78 Å². The molecule has 0 bridgehead atoms. The summed E-state index contributed by atoms with van der Waals surface area (Å²) in [6, 6.07) is 4.38. The van der Waals surface area contributed by atoms with Gasteiger partial charge in [-0.15, -0.1) is 0 Å². The highest BCUT2D eigenvalue weighted by Gasteiger charge is 2.62. The van der Waals surface area contributed by atoms with Crippen LogP contribution in [0.4, 0.5) is 27.6 Å². The van der Waals surface area contributed by atoms with Crippen LogP contribution in [0.15, 0.2) is 41.2 Å². The molecule has 3 atom stereocenters. The Bertz CT molecular complexity index is 1270. The standard InChI is InChI=1S/C22H20ClF5N2O3S/c1-10(34-3)21(32,22(26,27)28)20(13-4-6-16(33-2)19(25)18(13)23)30-15-9-11(24)8-14-12(15)5-7-17(31)29-14/h4-10,20,30,32H,1-3H3,(H,29,31). The molecule has 3 N–H and O–H groups in total. The normalized spacial score (nSPS) is 15.6. The summed E-state index contributed by atoms with van der Waals surface area (Å²) in [6.45, 7) is 1.15. The first-order valence-corrected chi connectivity index (χ1v) is 11.4. The molecule has 0 aliphatic rings. The predicted molar refractivity (Wildman–Crippen MR) is 123 cm³/mol. The number of aromatic nitrogens is 1. The number of benzene rings is 2. The number of hydrogen-bond donors (Lipinski definition) is 3. The van der Waals surface area contributed by atoms with E-state index >= 15 is 0 Å². The van der Waals surface area contributed by atoms with Crippen LogP contribution in [0, 0.1) is 11.6 Å². The minimum atomic E-state index is -5.22. The third-order valence-electron chi connectivity index (χ3n) is 5.58. The summed E-state index contributed by atoms with van der Waals surface area (Å²) in [4.78, 5) is 14.0. The van der Waals surface area contributed by atoms with E-state index in [2.05, 4.69) is 10.3 Å². The summed E-state index contributed by atoms with van der Waals surface area (Å²) in [5.74, 6) is -2.30. The van der Waals surface area contributed by atoms with Crippen LogP contribution < -0.4 is 15.6 Å². The number of halogens is 6. The Morgan fingerprint density at radius 3 is 2.44 bits per heavy atom. The Morgan fingerprint density at radius 1 is 1.18 bits per heavy atom. The Morgan fingerprint density at radius 2 is 1.85 bits per heavy atom. The smallest absolute Gasteiger partial charge is 0.420 e. The van der Waals surface area contributed by atoms with Crippen molar-refractivity contribution in [1.29, 1.82) is 0 Å². The quantitative estimate of drug-likeness (QED) is 0.349. The molecule has 0 amide bonds. The number of hydrogen-bond acceptors (Lipinski definition) is 5. The second-order valence-corrected chi connectivity index (χ2v) is 9.06. The van der Waals surface area contributed by atoms with Crippen LogP contribution in [0.1, 0.15) is 18.5 Å². The van der Waals surface area contributed by atoms with E-state index in [1.807, 2.05) is 0 Å². The number of methoxy groups -OCH3 is 1. The van der Waals surface area contributed by atoms with Crippen LogP contribution in [0.25, 0.3) is 10.9 Å². The van der Waals surface area contributed by atoms with Crippen molar-refractivity contribution in [3.05, 3.63) is 69.0 Å². The molecule has 12 heteroatoms. The van der Waals surface area contributed by atoms with E-state index in [9.17, 15) is 31.9 Å². The molecule has 2 aromatic carbocycles. The average Bonchev–Trinajstić information content (AvgIpc) is 2.77. The number of aliphatic hydroxyl groups is 1. The number of anilines is 1. The molecule has 5 nitrogen and oxygen atoms in total. The summed E-state index contributed by atoms with van der Waals surface area (Å²) >= 11 is 6.84. The fourth-order valence-electron chi connectivity index (χ4n) is 3.67. The van der Waals surface area contributed by atoms with Crippen molar-refractivity contribution in [2.24, 2.45) is 0 Å². The predicted octanol–water partition coefficient (Wildman–Crippen LogP) is 5.67. The largest absolute Gasteiger partial charge is 0.494 e. The van der Waals surface area contributed by atoms with E-state index in [-0.39, 0.29) is 22.3 Å². The lowest BCUT2D eigenvalue weighted by molar-refractivity contribution is -0.265. The molecule has 0 aliphatic heterocycles. The summed E-state index contributed by atoms with van der Waals surface area (Å²) in [5.41, 5.74) is -4.64. The minimum Gasteiger partial charge on any atom is -0.494 e. The van der Waals surface area contributed by atoms with Crippen LogP contribution in [0.2, 0.25) is 5.02 Å². The summed E-state index contributed by atoms with van der Waals surface area (Å²) < 4.78 is 77.1. The fourth-order valence-corrected chi connectivity index (χ4v) is 4.56. The van der Waals surface area contributed by atoms with Gasteiger partial charge in [-0.05, 0) is 36.1 Å². The summed E-state index contributed by atoms with van der Waals surface area (Å²) in [6.07, 6.45) is -3.85. The number of H-pyrrole nitrogens is 1. The van der Waals surface area contributed by atoms with Crippen molar-refractivity contribution in [1.82, 2.24) is 4.98 Å². The monoisotopic (exact) mass is 522 g/mol. The Kier molecular flexibility index (Phi) is 7.40. The fraction of sp³-hybridized carbons (Fsp3) is 0.318. The second-order valence-electron chi connectivity index (χ2n) is 7.50. The van der Waals surface area contributed by atoms with Crippen LogP contribution in [0.3, 0.4) is 0 Å². The highest BCUT2D eigenvalue weighted by Crippen LogP contribution is 2.49. The van der Waals surface area contributed by atoms with E-state index in [0.717, 1.165) is 56.1 Å². The Hall–Kier alpha value is -2.50. The van der Waals surface area contributed by atoms with Gasteiger partial charge in [-0.2, -0.15) is 24.9 Å². The van der Waals surface area contributed by atoms with Gasteiger partial charge in [0.25, 0.3) is 0 Å². The van der Waals surface area contributed by atoms with Crippen molar-refractivity contribution >= 4 is 40.0 Å². The zero-order valence-electron chi connectivity index (χ0n) is 18.1. The van der Waals surface area contributed by atoms with Crippen molar-refractivity contribution in [2.45, 2.75) is 30.0 Å². The zero-order chi connectivity index (χ0) is 25.4. The lowest BCUT2D eigenvalue weighted by Gasteiger charge is -2.42. The zero-order valence-corrected chi connectivity index (χ0v) is 19.6. The highest BCUT2D eigenvalue weighted by atomic mass is 35.5. The lowest BCUT2D eigenvalue weighted by atomic mass is 9.84. The van der Waals surface area contributed by atoms with Crippen molar-refractivity contribution < 1.29 is 31.8 Å². The number of pyridine rings is 1. The van der Waals surface area contributed by atoms with Gasteiger partial charge in [0.1, 0.15) is 5.82 Å². The number of ether oxygens (including phenoxy) is 1. The van der Waals surface area contributed by atoms with Gasteiger partial charge in [0, 0.05) is 22.4 Å². The average molecular weight is 523 g/mol. The molecule has 1 aromatic heterocycles. The number of fused-ring (bicyclic) bond motifs is 1. The molecular formula is C22H20ClF5N2O3S. The molecule has 0 spiro atoms. The Balaban J connectivity index is 2.33. The van der Waals surface area contributed by atoms with Crippen molar-refractivity contribution in [3.8, 4) is 5.75 Å². The van der Waals surface area contributed by atoms with Crippen LogP contribution in [-0.2, 0) is 0 Å². The molecule has 0 saturated carbocycles. The molecule has 3 rings (SSSR count). The van der Waals surface area contributed by atoms with E-state index in [4.69, 9.17) is 16.3 Å². The SMILES string of the molecule is COc1ccc(C(Nc2cc(F)cc3[nH]c(=O)ccc23)C(O)(C(C)SC)C(F)(F)F)c(Cl)c1F. The summed E-state index contributed by atoms with van der Waals surface area (Å²) in [5, 5.41) is 11.7. The maximum absolute atomic E-state index is 14.7. The Labute approximate surface area is 200 Å². The molecule has 0 saturated heterocycles. The molecule has 184 valence electrons. The van der Waals surface area contributed by atoms with Crippen LogP contribution in [0.5, 0.6) is 5.75 Å². The van der Waals surface area contributed by atoms with Gasteiger partial charge < -0.3 is 20.1 Å². The van der Waals surface area contributed by atoms with Crippen molar-refractivity contribution in [3.63, 3.8) is 0 Å². The number of thioether (sulfide) groups is 1. The number of nitrogens with one attached hydrogen (secondary N) is 2. The first-order chi connectivity index (χ1) is 15.8. The van der Waals surface area contributed by atoms with Gasteiger partial charge in [0.05, 0.1) is 23.7 Å². The molecule has 3 aromatic rings. The van der Waals surface area contributed by atoms with Gasteiger partial charge >= 0.3 is 6.18 Å². The molecular weight excluding hydrogens is 503 g/mol. The lowest BCUT2D eigenvalue weighted by Crippen LogP contribution is -2.58. The first-order valence-electron chi connectivity index (χ1n) is 9.78. The number of aromatic amines is 1. The second kappa shape index (κ2) is 9.63. The molecule has 0 aliphatic carbocycles. The maximum atomic E-state index is 14.7. The third-order valence-corrected chi connectivity index (χ3v) is 7.03. The van der Waals surface area contributed by atoms with Gasteiger partial charge in [0.2, 0.25) is 5.56 Å². The minimum absolute atomic E-state index is 0.00854. The molecule has 0 radical (unpaired) electrons. The number of alkyl halides is 3. The van der Waals surface area contributed by atoms with Gasteiger partial charge in [-0.1, -0.05) is 24.6 Å². The van der Waals surface area contributed by atoms with E-state index < -0.39 is 50.8 Å². The summed E-state index contributed by atoms with van der Waals surface area (Å²) in [7, 11) is 1.16. The molecule has 3 unspecified atom stereocenters. The molecule has 0 fully saturated rings. The van der Waals surface area contributed by atoms with Gasteiger partial charge in [0.15, 0.2) is 17.2 Å².